The molecule has 0 saturated heterocycles. The average Bonchev–Trinajstić information content (AvgIpc) is 2.97. The van der Waals surface area contributed by atoms with Gasteiger partial charge in [-0.1, -0.05) is 175 Å². The summed E-state index contributed by atoms with van der Waals surface area (Å²) in [5.41, 5.74) is 3.28. The summed E-state index contributed by atoms with van der Waals surface area (Å²) in [6.07, 6.45) is 17.3. The lowest BCUT2D eigenvalue weighted by molar-refractivity contribution is -0.133. The number of hydrogen-bond acceptors (Lipinski definition) is 3. The zero-order chi connectivity index (χ0) is 26.7. The summed E-state index contributed by atoms with van der Waals surface area (Å²) in [7, 11) is 0. The molecule has 0 heterocycles. The number of hydrogen-bond donors (Lipinski definition) is 0. The molecule has 0 saturated carbocycles. The maximum atomic E-state index is 12.8. The second kappa shape index (κ2) is 17.9. The van der Waals surface area contributed by atoms with Crippen LogP contribution in [0.3, 0.4) is 0 Å². The van der Waals surface area contributed by atoms with E-state index in [1.165, 1.54) is 82.7 Å². The molecular weight excluding hydrogens is 484 g/mol. The second-order valence-corrected chi connectivity index (χ2v) is 11.3. The monoisotopic (exact) mass is 530 g/mol. The van der Waals surface area contributed by atoms with Gasteiger partial charge in [0.2, 0.25) is 0 Å². The highest BCUT2D eigenvalue weighted by Crippen LogP contribution is 2.48. The molecule has 0 amide bonds. The van der Waals surface area contributed by atoms with Gasteiger partial charge in [-0.2, -0.15) is 0 Å². The van der Waals surface area contributed by atoms with E-state index in [1.54, 1.807) is 0 Å². The van der Waals surface area contributed by atoms with Gasteiger partial charge in [-0.25, -0.2) is 0 Å². The van der Waals surface area contributed by atoms with Crippen molar-refractivity contribution in [2.24, 2.45) is 0 Å². The molecule has 204 valence electrons. The normalized spacial score (nSPS) is 11.4. The van der Waals surface area contributed by atoms with Crippen LogP contribution in [-0.2, 0) is 13.7 Å². The Morgan fingerprint density at radius 1 is 0.553 bits per heavy atom. The molecule has 0 spiro atoms. The highest BCUT2D eigenvalue weighted by atomic mass is 32.2. The van der Waals surface area contributed by atoms with E-state index in [2.05, 4.69) is 43.3 Å². The van der Waals surface area contributed by atoms with E-state index >= 15 is 0 Å². The fourth-order valence-corrected chi connectivity index (χ4v) is 6.10. The SMILES string of the molecule is CCCCCCCCCCCCCCCC(=O)OSC(c1ccccc1)(c1ccccc1)c1ccccc1. The van der Waals surface area contributed by atoms with Gasteiger partial charge in [-0.05, 0) is 23.1 Å². The highest BCUT2D eigenvalue weighted by molar-refractivity contribution is 7.96. The van der Waals surface area contributed by atoms with Crippen molar-refractivity contribution in [3.05, 3.63) is 108 Å². The van der Waals surface area contributed by atoms with Crippen molar-refractivity contribution >= 4 is 18.0 Å². The summed E-state index contributed by atoms with van der Waals surface area (Å²) >= 11 is 1.27. The largest absolute Gasteiger partial charge is 0.390 e. The van der Waals surface area contributed by atoms with Crippen LogP contribution >= 0.6 is 12.0 Å². The summed E-state index contributed by atoms with van der Waals surface area (Å²) in [5.74, 6) is -0.134. The number of benzene rings is 3. The number of rotatable bonds is 19. The predicted octanol–water partition coefficient (Wildman–Crippen LogP) is 10.7. The van der Waals surface area contributed by atoms with E-state index in [0.29, 0.717) is 6.42 Å². The zero-order valence-electron chi connectivity index (χ0n) is 23.3. The minimum atomic E-state index is -0.630. The Morgan fingerprint density at radius 2 is 0.895 bits per heavy atom. The van der Waals surface area contributed by atoms with Gasteiger partial charge in [-0.3, -0.25) is 4.79 Å². The van der Waals surface area contributed by atoms with Gasteiger partial charge in [0, 0.05) is 6.42 Å². The molecule has 0 atom stereocenters. The lowest BCUT2D eigenvalue weighted by Crippen LogP contribution is -2.26. The fourth-order valence-electron chi connectivity index (χ4n) is 5.10. The molecule has 2 nitrogen and oxygen atoms in total. The quantitative estimate of drug-likeness (QED) is 0.0876. The molecule has 0 fully saturated rings. The van der Waals surface area contributed by atoms with Crippen LogP contribution in [0.1, 0.15) is 114 Å². The Bertz CT molecular complexity index is 907. The van der Waals surface area contributed by atoms with Crippen molar-refractivity contribution in [1.29, 1.82) is 0 Å². The van der Waals surface area contributed by atoms with Gasteiger partial charge >= 0.3 is 5.97 Å². The molecule has 0 aromatic heterocycles. The van der Waals surface area contributed by atoms with Crippen molar-refractivity contribution < 1.29 is 8.98 Å². The average molecular weight is 531 g/mol. The van der Waals surface area contributed by atoms with Crippen LogP contribution in [0, 0.1) is 0 Å². The number of carbonyl (C=O) groups is 1. The van der Waals surface area contributed by atoms with Crippen molar-refractivity contribution in [3.63, 3.8) is 0 Å². The van der Waals surface area contributed by atoms with E-state index in [4.69, 9.17) is 4.18 Å². The van der Waals surface area contributed by atoms with Crippen LogP contribution in [-0.4, -0.2) is 5.97 Å². The third kappa shape index (κ3) is 9.66. The molecule has 0 radical (unpaired) electrons. The Labute approximate surface area is 235 Å². The highest BCUT2D eigenvalue weighted by Gasteiger charge is 2.39. The minimum absolute atomic E-state index is 0.134. The topological polar surface area (TPSA) is 26.3 Å². The maximum absolute atomic E-state index is 12.8. The first-order chi connectivity index (χ1) is 18.8. The zero-order valence-corrected chi connectivity index (χ0v) is 24.1. The van der Waals surface area contributed by atoms with E-state index in [1.807, 2.05) is 54.6 Å². The lowest BCUT2D eigenvalue weighted by Gasteiger charge is -2.33. The third-order valence-corrected chi connectivity index (χ3v) is 8.51. The van der Waals surface area contributed by atoms with Crippen LogP contribution in [0.2, 0.25) is 0 Å². The van der Waals surface area contributed by atoms with Crippen molar-refractivity contribution in [1.82, 2.24) is 0 Å². The summed E-state index contributed by atoms with van der Waals surface area (Å²) in [6, 6.07) is 31.1. The van der Waals surface area contributed by atoms with Gasteiger partial charge in [0.15, 0.2) is 0 Å². The number of carbonyl (C=O) groups excluding carboxylic acids is 1. The fraction of sp³-hybridized carbons (Fsp3) is 0.457. The Kier molecular flexibility index (Phi) is 14.1. The van der Waals surface area contributed by atoms with Gasteiger partial charge in [0.1, 0.15) is 4.75 Å². The lowest BCUT2D eigenvalue weighted by atomic mass is 9.84. The van der Waals surface area contributed by atoms with Crippen molar-refractivity contribution in [3.8, 4) is 0 Å². The first-order valence-corrected chi connectivity index (χ1v) is 15.6. The van der Waals surface area contributed by atoms with Crippen LogP contribution in [0.5, 0.6) is 0 Å². The van der Waals surface area contributed by atoms with E-state index in [9.17, 15) is 4.79 Å². The molecule has 3 aromatic carbocycles. The molecule has 3 heteroatoms. The molecule has 3 aromatic rings. The first kappa shape index (κ1) is 30.0. The Hall–Kier alpha value is -2.52. The maximum Gasteiger partial charge on any atom is 0.317 e. The summed E-state index contributed by atoms with van der Waals surface area (Å²) in [5, 5.41) is 0. The van der Waals surface area contributed by atoms with Crippen molar-refractivity contribution in [2.45, 2.75) is 102 Å². The van der Waals surface area contributed by atoms with E-state index in [0.717, 1.165) is 29.5 Å². The molecule has 0 aliphatic rings. The molecule has 0 bridgehead atoms. The van der Waals surface area contributed by atoms with Crippen molar-refractivity contribution in [2.75, 3.05) is 0 Å². The number of unbranched alkanes of at least 4 members (excludes halogenated alkanes) is 12. The summed E-state index contributed by atoms with van der Waals surface area (Å²) in [6.45, 7) is 2.27. The molecule has 3 rings (SSSR count). The molecule has 0 unspecified atom stereocenters. The smallest absolute Gasteiger partial charge is 0.317 e. The van der Waals surface area contributed by atoms with Crippen LogP contribution in [0.4, 0.5) is 0 Å². The molecule has 0 aliphatic heterocycles. The van der Waals surface area contributed by atoms with Gasteiger partial charge < -0.3 is 4.18 Å². The molecule has 0 aliphatic carbocycles. The Morgan fingerprint density at radius 3 is 1.26 bits per heavy atom. The molecule has 0 N–H and O–H groups in total. The van der Waals surface area contributed by atoms with Crippen LogP contribution in [0.15, 0.2) is 91.0 Å². The minimum Gasteiger partial charge on any atom is -0.390 e. The van der Waals surface area contributed by atoms with E-state index < -0.39 is 4.75 Å². The first-order valence-electron chi connectivity index (χ1n) is 14.8. The second-order valence-electron chi connectivity index (χ2n) is 10.3. The standard InChI is InChI=1S/C35H46O2S/c1-2-3-4-5-6-7-8-9-10-11-12-13-23-30-34(36)37-38-35(31-24-17-14-18-25-31,32-26-19-15-20-27-32)33-28-21-16-22-29-33/h14-22,24-29H,2-13,23,30H2,1H3. The predicted molar refractivity (Wildman–Crippen MR) is 163 cm³/mol. The van der Waals surface area contributed by atoms with Gasteiger partial charge in [0.05, 0.1) is 12.0 Å². The third-order valence-electron chi connectivity index (χ3n) is 7.29. The summed E-state index contributed by atoms with van der Waals surface area (Å²) in [4.78, 5) is 12.8. The molecular formula is C35H46O2S. The summed E-state index contributed by atoms with van der Waals surface area (Å²) < 4.78 is 5.33. The van der Waals surface area contributed by atoms with Gasteiger partial charge in [-0.15, -0.1) is 0 Å². The van der Waals surface area contributed by atoms with Crippen LogP contribution < -0.4 is 0 Å². The molecule has 38 heavy (non-hydrogen) atoms. The Balaban J connectivity index is 1.46. The van der Waals surface area contributed by atoms with Crippen LogP contribution in [0.25, 0.3) is 0 Å². The van der Waals surface area contributed by atoms with Gasteiger partial charge in [0.25, 0.3) is 0 Å². The van der Waals surface area contributed by atoms with E-state index in [-0.39, 0.29) is 5.97 Å².